The Morgan fingerprint density at radius 1 is 1.00 bits per heavy atom. The quantitative estimate of drug-likeness (QED) is 0.478. The molecule has 190 valence electrons. The van der Waals surface area contributed by atoms with Crippen molar-refractivity contribution in [2.45, 2.75) is 19.8 Å². The fraction of sp³-hybridized carbons (Fsp3) is 0.308. The van der Waals surface area contributed by atoms with Gasteiger partial charge in [0.05, 0.1) is 0 Å². The van der Waals surface area contributed by atoms with E-state index in [0.29, 0.717) is 17.9 Å². The molecule has 36 heavy (non-hydrogen) atoms. The Morgan fingerprint density at radius 2 is 1.69 bits per heavy atom. The number of aryl methyl sites for hydroxylation is 1. The van der Waals surface area contributed by atoms with E-state index in [0.717, 1.165) is 48.8 Å². The maximum Gasteiger partial charge on any atom is 0.573 e. The topological polar surface area (TPSA) is 75.1 Å². The minimum absolute atomic E-state index is 0.296. The molecule has 0 amide bonds. The lowest BCUT2D eigenvalue weighted by atomic mass is 9.98. The van der Waals surface area contributed by atoms with Crippen LogP contribution in [0.25, 0.3) is 11.1 Å². The van der Waals surface area contributed by atoms with Gasteiger partial charge in [-0.15, -0.1) is 13.2 Å². The third-order valence-corrected chi connectivity index (χ3v) is 5.80. The van der Waals surface area contributed by atoms with Crippen molar-refractivity contribution in [3.63, 3.8) is 0 Å². The Labute approximate surface area is 206 Å². The molecule has 1 fully saturated rings. The van der Waals surface area contributed by atoms with Gasteiger partial charge < -0.3 is 19.5 Å². The highest BCUT2D eigenvalue weighted by Crippen LogP contribution is 2.31. The Morgan fingerprint density at radius 3 is 2.33 bits per heavy atom. The van der Waals surface area contributed by atoms with Crippen LogP contribution >= 0.6 is 0 Å². The van der Waals surface area contributed by atoms with Crippen molar-refractivity contribution in [3.05, 3.63) is 71.9 Å². The molecule has 1 aliphatic rings. The second-order valence-corrected chi connectivity index (χ2v) is 8.47. The predicted molar refractivity (Wildman–Crippen MR) is 128 cm³/mol. The predicted octanol–water partition coefficient (Wildman–Crippen LogP) is 4.74. The number of hydrogen-bond acceptors (Lipinski definition) is 6. The summed E-state index contributed by atoms with van der Waals surface area (Å²) >= 11 is 0. The molecule has 0 aliphatic carbocycles. The van der Waals surface area contributed by atoms with Crippen LogP contribution in [0.3, 0.4) is 0 Å². The maximum absolute atomic E-state index is 12.5. The first-order valence-electron chi connectivity index (χ1n) is 11.4. The lowest BCUT2D eigenvalue weighted by Gasteiger charge is -2.35. The average molecular weight is 502 g/mol. The van der Waals surface area contributed by atoms with Gasteiger partial charge in [0.1, 0.15) is 17.3 Å². The van der Waals surface area contributed by atoms with Gasteiger partial charge in [0.25, 0.3) is 0 Å². The fourth-order valence-electron chi connectivity index (χ4n) is 4.13. The van der Waals surface area contributed by atoms with Crippen LogP contribution < -0.4 is 14.4 Å². The minimum Gasteiger partial charge on any atom is -0.482 e. The molecule has 1 aromatic heterocycles. The maximum atomic E-state index is 12.5. The first-order chi connectivity index (χ1) is 17.2. The molecule has 2 aromatic carbocycles. The van der Waals surface area contributed by atoms with Crippen LogP contribution in [0, 0.1) is 6.92 Å². The third-order valence-electron chi connectivity index (χ3n) is 5.80. The number of carboxylic acids is 1. The van der Waals surface area contributed by atoms with Crippen LogP contribution in [0.4, 0.5) is 19.0 Å². The molecule has 0 unspecified atom stereocenters. The Balaban J connectivity index is 1.52. The molecule has 0 atom stereocenters. The monoisotopic (exact) mass is 501 g/mol. The second-order valence-electron chi connectivity index (χ2n) is 8.47. The minimum atomic E-state index is -4.76. The number of benzene rings is 2. The summed E-state index contributed by atoms with van der Waals surface area (Å²) in [5, 5.41) is 8.95. The molecule has 2 heterocycles. The average Bonchev–Trinajstić information content (AvgIpc) is 2.83. The smallest absolute Gasteiger partial charge is 0.482 e. The van der Waals surface area contributed by atoms with Crippen molar-refractivity contribution in [3.8, 4) is 22.6 Å². The van der Waals surface area contributed by atoms with Gasteiger partial charge in [-0.2, -0.15) is 0 Å². The molecule has 1 saturated heterocycles. The molecule has 0 saturated carbocycles. The van der Waals surface area contributed by atoms with Crippen LogP contribution in [0.15, 0.2) is 60.7 Å². The number of aromatic nitrogens is 1. The summed E-state index contributed by atoms with van der Waals surface area (Å²) in [4.78, 5) is 20.0. The van der Waals surface area contributed by atoms with Gasteiger partial charge in [0.2, 0.25) is 0 Å². The lowest BCUT2D eigenvalue weighted by molar-refractivity contribution is -0.274. The number of anilines is 1. The van der Waals surface area contributed by atoms with Crippen LogP contribution in [0.1, 0.15) is 11.3 Å². The molecular formula is C26H26F3N3O4. The van der Waals surface area contributed by atoms with Gasteiger partial charge in [0, 0.05) is 38.4 Å². The van der Waals surface area contributed by atoms with E-state index >= 15 is 0 Å². The van der Waals surface area contributed by atoms with E-state index in [4.69, 9.17) is 9.84 Å². The zero-order chi connectivity index (χ0) is 25.7. The van der Waals surface area contributed by atoms with Gasteiger partial charge in [-0.3, -0.25) is 4.90 Å². The molecule has 1 N–H and O–H groups in total. The van der Waals surface area contributed by atoms with E-state index in [1.165, 1.54) is 12.1 Å². The summed E-state index contributed by atoms with van der Waals surface area (Å²) in [5.41, 5.74) is 3.37. The summed E-state index contributed by atoms with van der Waals surface area (Å²) in [7, 11) is 0. The molecule has 1 aliphatic heterocycles. The number of halogens is 3. The fourth-order valence-corrected chi connectivity index (χ4v) is 4.13. The molecule has 7 nitrogen and oxygen atoms in total. The van der Waals surface area contributed by atoms with E-state index in [1.54, 1.807) is 30.3 Å². The van der Waals surface area contributed by atoms with Gasteiger partial charge in [-0.1, -0.05) is 24.3 Å². The van der Waals surface area contributed by atoms with Crippen molar-refractivity contribution in [1.82, 2.24) is 9.88 Å². The molecule has 0 bridgehead atoms. The van der Waals surface area contributed by atoms with Crippen molar-refractivity contribution in [2.75, 3.05) is 37.7 Å². The van der Waals surface area contributed by atoms with Gasteiger partial charge in [-0.25, -0.2) is 9.78 Å². The number of ether oxygens (including phenoxy) is 2. The summed E-state index contributed by atoms with van der Waals surface area (Å²) < 4.78 is 46.9. The lowest BCUT2D eigenvalue weighted by Crippen LogP contribution is -2.46. The van der Waals surface area contributed by atoms with E-state index < -0.39 is 18.9 Å². The Kier molecular flexibility index (Phi) is 7.64. The number of alkyl halides is 3. The zero-order valence-electron chi connectivity index (χ0n) is 19.7. The molecule has 3 aromatic rings. The summed E-state index contributed by atoms with van der Waals surface area (Å²) in [6.07, 6.45) is -4.76. The van der Waals surface area contributed by atoms with Gasteiger partial charge >= 0.3 is 12.3 Å². The molecule has 0 radical (unpaired) electrons. The summed E-state index contributed by atoms with van der Waals surface area (Å²) in [6.45, 7) is 5.22. The van der Waals surface area contributed by atoms with Crippen molar-refractivity contribution in [2.24, 2.45) is 0 Å². The van der Waals surface area contributed by atoms with Crippen LogP contribution in [0.2, 0.25) is 0 Å². The van der Waals surface area contributed by atoms with E-state index in [2.05, 4.69) is 19.5 Å². The number of carboxylic acid groups (broad SMARTS) is 1. The van der Waals surface area contributed by atoms with E-state index in [9.17, 15) is 18.0 Å². The first-order valence-corrected chi connectivity index (χ1v) is 11.4. The van der Waals surface area contributed by atoms with Crippen LogP contribution in [-0.4, -0.2) is 60.1 Å². The Hall–Kier alpha value is -3.79. The Bertz CT molecular complexity index is 1190. The highest BCUT2D eigenvalue weighted by molar-refractivity contribution is 5.70. The second kappa shape index (κ2) is 10.9. The van der Waals surface area contributed by atoms with Gasteiger partial charge in [0.15, 0.2) is 6.61 Å². The first kappa shape index (κ1) is 25.3. The zero-order valence-corrected chi connectivity index (χ0v) is 19.7. The highest BCUT2D eigenvalue weighted by Gasteiger charge is 2.31. The SMILES string of the molecule is Cc1cccc(N2CCN(Cc3cc(OCC(=O)O)ccc3-c3ccc(OC(F)(F)F)cc3)CC2)n1. The van der Waals surface area contributed by atoms with Crippen molar-refractivity contribution >= 4 is 11.8 Å². The number of pyridine rings is 1. The number of aliphatic carboxylic acids is 1. The van der Waals surface area contributed by atoms with Crippen LogP contribution in [-0.2, 0) is 11.3 Å². The number of carbonyl (C=O) groups is 1. The molecule has 10 heteroatoms. The standard InChI is InChI=1S/C26H26F3N3O4/c1-18-3-2-4-24(30-18)32-13-11-31(12-14-32)16-20-15-22(35-17-25(33)34)9-10-23(20)19-5-7-21(8-6-19)36-26(27,28)29/h2-10,15H,11-14,16-17H2,1H3,(H,33,34). The van der Waals surface area contributed by atoms with Crippen molar-refractivity contribution < 1.29 is 32.5 Å². The normalized spacial score (nSPS) is 14.5. The van der Waals surface area contributed by atoms with Crippen molar-refractivity contribution in [1.29, 1.82) is 0 Å². The summed E-state index contributed by atoms with van der Waals surface area (Å²) in [5.74, 6) is -0.0202. The largest absolute Gasteiger partial charge is 0.573 e. The molecule has 4 rings (SSSR count). The highest BCUT2D eigenvalue weighted by atomic mass is 19.4. The number of hydrogen-bond donors (Lipinski definition) is 1. The third kappa shape index (κ3) is 6.88. The summed E-state index contributed by atoms with van der Waals surface area (Å²) in [6, 6.07) is 16.9. The number of rotatable bonds is 8. The van der Waals surface area contributed by atoms with Gasteiger partial charge in [-0.05, 0) is 60.0 Å². The number of piperazine rings is 1. The van der Waals surface area contributed by atoms with E-state index in [1.807, 2.05) is 25.1 Å². The molecular weight excluding hydrogens is 475 g/mol. The van der Waals surface area contributed by atoms with E-state index in [-0.39, 0.29) is 5.75 Å². The molecule has 0 spiro atoms. The number of nitrogens with zero attached hydrogens (tertiary/aromatic N) is 3. The van der Waals surface area contributed by atoms with Crippen LogP contribution in [0.5, 0.6) is 11.5 Å².